The molecule has 13 heavy (non-hydrogen) atoms. The van der Waals surface area contributed by atoms with Gasteiger partial charge in [0.05, 0.1) is 0 Å². The van der Waals surface area contributed by atoms with E-state index in [1.54, 1.807) is 0 Å². The fraction of sp³-hybridized carbons (Fsp3) is 0.909. The van der Waals surface area contributed by atoms with Crippen LogP contribution < -0.4 is 0 Å². The molecule has 1 fully saturated rings. The quantitative estimate of drug-likeness (QED) is 0.626. The van der Waals surface area contributed by atoms with Crippen molar-refractivity contribution in [3.05, 3.63) is 0 Å². The number of hydrogen-bond acceptors (Lipinski definition) is 1. The predicted molar refractivity (Wildman–Crippen MR) is 55.8 cm³/mol. The van der Waals surface area contributed by atoms with Gasteiger partial charge < -0.3 is 0 Å². The van der Waals surface area contributed by atoms with Crippen LogP contribution in [0.4, 0.5) is 0 Å². The van der Waals surface area contributed by atoms with Crippen molar-refractivity contribution >= 4 is 16.8 Å². The van der Waals surface area contributed by atoms with Crippen LogP contribution in [0.15, 0.2) is 0 Å². The molecule has 0 aromatic carbocycles. The van der Waals surface area contributed by atoms with E-state index >= 15 is 0 Å². The lowest BCUT2D eigenvalue weighted by atomic mass is 9.69. The van der Waals surface area contributed by atoms with E-state index in [-0.39, 0.29) is 10.7 Å². The van der Waals surface area contributed by atoms with E-state index in [1.165, 1.54) is 12.8 Å². The second-order valence-electron chi connectivity index (χ2n) is 4.96. The summed E-state index contributed by atoms with van der Waals surface area (Å²) in [5.41, 5.74) is -0.323. The van der Waals surface area contributed by atoms with Gasteiger partial charge in [-0.2, -0.15) is 0 Å². The van der Waals surface area contributed by atoms with Crippen molar-refractivity contribution in [1.29, 1.82) is 0 Å². The van der Waals surface area contributed by atoms with Crippen molar-refractivity contribution in [1.82, 2.24) is 0 Å². The molecule has 1 aliphatic carbocycles. The average molecular weight is 203 g/mol. The van der Waals surface area contributed by atoms with E-state index in [9.17, 15) is 4.79 Å². The lowest BCUT2D eigenvalue weighted by Gasteiger charge is -2.36. The first-order chi connectivity index (χ1) is 5.94. The summed E-state index contributed by atoms with van der Waals surface area (Å²) in [6.07, 6.45) is 4.88. The van der Waals surface area contributed by atoms with Gasteiger partial charge in [0.15, 0.2) is 0 Å². The van der Waals surface area contributed by atoms with Gasteiger partial charge in [0.2, 0.25) is 5.24 Å². The monoisotopic (exact) mass is 202 g/mol. The second kappa shape index (κ2) is 4.00. The zero-order valence-electron chi connectivity index (χ0n) is 8.77. The number of hydrogen-bond donors (Lipinski definition) is 0. The Morgan fingerprint density at radius 3 is 2.46 bits per heavy atom. The van der Waals surface area contributed by atoms with Gasteiger partial charge in [-0.15, -0.1) is 0 Å². The van der Waals surface area contributed by atoms with E-state index in [0.717, 1.165) is 18.8 Å². The van der Waals surface area contributed by atoms with Crippen LogP contribution in [0.2, 0.25) is 0 Å². The molecule has 0 N–H and O–H groups in total. The summed E-state index contributed by atoms with van der Waals surface area (Å²) in [6, 6.07) is 0. The number of carbonyl (C=O) groups is 1. The first kappa shape index (κ1) is 11.0. The minimum atomic E-state index is -0.323. The molecule has 2 atom stereocenters. The molecule has 0 radical (unpaired) electrons. The molecular weight excluding hydrogens is 184 g/mol. The van der Waals surface area contributed by atoms with Gasteiger partial charge in [0.1, 0.15) is 0 Å². The van der Waals surface area contributed by atoms with Crippen LogP contribution in [0.25, 0.3) is 0 Å². The normalized spacial score (nSPS) is 30.2. The Morgan fingerprint density at radius 2 is 2.00 bits per heavy atom. The maximum Gasteiger partial charge on any atom is 0.227 e. The molecule has 0 saturated heterocycles. The van der Waals surface area contributed by atoms with E-state index in [4.69, 9.17) is 11.6 Å². The SMILES string of the molecule is CC1CCCC(C(C)(C)C(=O)Cl)C1. The second-order valence-corrected chi connectivity index (χ2v) is 5.31. The first-order valence-corrected chi connectivity index (χ1v) is 5.52. The Hall–Kier alpha value is -0.0400. The van der Waals surface area contributed by atoms with E-state index in [0.29, 0.717) is 5.92 Å². The highest BCUT2D eigenvalue weighted by Gasteiger charge is 2.37. The Bertz CT molecular complexity index is 198. The molecule has 0 heterocycles. The highest BCUT2D eigenvalue weighted by atomic mass is 35.5. The third kappa shape index (κ3) is 2.46. The molecule has 76 valence electrons. The number of halogens is 1. The molecule has 2 heteroatoms. The number of carbonyl (C=O) groups excluding carboxylic acids is 1. The Balaban J connectivity index is 2.64. The molecular formula is C11H19ClO. The largest absolute Gasteiger partial charge is 0.281 e. The molecule has 1 aliphatic rings. The summed E-state index contributed by atoms with van der Waals surface area (Å²) >= 11 is 5.61. The molecule has 0 bridgehead atoms. The summed E-state index contributed by atoms with van der Waals surface area (Å²) in [6.45, 7) is 6.22. The van der Waals surface area contributed by atoms with Crippen LogP contribution in [-0.4, -0.2) is 5.24 Å². The van der Waals surface area contributed by atoms with Crippen molar-refractivity contribution in [2.24, 2.45) is 17.3 Å². The van der Waals surface area contributed by atoms with Gasteiger partial charge in [-0.25, -0.2) is 0 Å². The van der Waals surface area contributed by atoms with Gasteiger partial charge in [-0.3, -0.25) is 4.79 Å². The van der Waals surface area contributed by atoms with Gasteiger partial charge in [-0.05, 0) is 36.3 Å². The van der Waals surface area contributed by atoms with Crippen molar-refractivity contribution in [2.45, 2.75) is 46.5 Å². The minimum Gasteiger partial charge on any atom is -0.281 e. The van der Waals surface area contributed by atoms with Crippen LogP contribution in [-0.2, 0) is 4.79 Å². The van der Waals surface area contributed by atoms with E-state index in [2.05, 4.69) is 6.92 Å². The Morgan fingerprint density at radius 1 is 1.38 bits per heavy atom. The van der Waals surface area contributed by atoms with Crippen LogP contribution in [0.3, 0.4) is 0 Å². The van der Waals surface area contributed by atoms with Gasteiger partial charge >= 0.3 is 0 Å². The van der Waals surface area contributed by atoms with Gasteiger partial charge in [-0.1, -0.05) is 33.6 Å². The number of rotatable bonds is 2. The van der Waals surface area contributed by atoms with Crippen molar-refractivity contribution in [3.63, 3.8) is 0 Å². The summed E-state index contributed by atoms with van der Waals surface area (Å²) in [5, 5.41) is -0.174. The minimum absolute atomic E-state index is 0.174. The molecule has 0 aromatic heterocycles. The summed E-state index contributed by atoms with van der Waals surface area (Å²) in [7, 11) is 0. The zero-order valence-corrected chi connectivity index (χ0v) is 9.53. The molecule has 0 spiro atoms. The van der Waals surface area contributed by atoms with Crippen molar-refractivity contribution < 1.29 is 4.79 Å². The van der Waals surface area contributed by atoms with Crippen molar-refractivity contribution in [2.75, 3.05) is 0 Å². The van der Waals surface area contributed by atoms with Gasteiger partial charge in [0.25, 0.3) is 0 Å². The molecule has 2 unspecified atom stereocenters. The van der Waals surface area contributed by atoms with Gasteiger partial charge in [0, 0.05) is 5.41 Å². The highest BCUT2D eigenvalue weighted by Crippen LogP contribution is 2.41. The first-order valence-electron chi connectivity index (χ1n) is 5.14. The molecule has 1 rings (SSSR count). The lowest BCUT2D eigenvalue weighted by molar-refractivity contribution is -0.122. The zero-order chi connectivity index (χ0) is 10.1. The molecule has 1 saturated carbocycles. The lowest BCUT2D eigenvalue weighted by Crippen LogP contribution is -2.33. The Kier molecular flexibility index (Phi) is 3.39. The van der Waals surface area contributed by atoms with Crippen LogP contribution in [0.1, 0.15) is 46.5 Å². The van der Waals surface area contributed by atoms with Crippen molar-refractivity contribution in [3.8, 4) is 0 Å². The van der Waals surface area contributed by atoms with Crippen LogP contribution in [0, 0.1) is 17.3 Å². The topological polar surface area (TPSA) is 17.1 Å². The molecule has 0 aliphatic heterocycles. The fourth-order valence-corrected chi connectivity index (χ4v) is 2.40. The average Bonchev–Trinajstić information content (AvgIpc) is 2.04. The summed E-state index contributed by atoms with van der Waals surface area (Å²) in [5.74, 6) is 1.25. The molecule has 0 amide bonds. The smallest absolute Gasteiger partial charge is 0.227 e. The van der Waals surface area contributed by atoms with E-state index < -0.39 is 0 Å². The maximum atomic E-state index is 11.2. The third-order valence-corrected chi connectivity index (χ3v) is 3.95. The predicted octanol–water partition coefficient (Wildman–Crippen LogP) is 3.60. The fourth-order valence-electron chi connectivity index (χ4n) is 2.25. The third-order valence-electron chi connectivity index (χ3n) is 3.46. The van der Waals surface area contributed by atoms with Crippen LogP contribution in [0.5, 0.6) is 0 Å². The molecule has 0 aromatic rings. The Labute approximate surface area is 85.8 Å². The summed E-state index contributed by atoms with van der Waals surface area (Å²) < 4.78 is 0. The standard InChI is InChI=1S/C11H19ClO/c1-8-5-4-6-9(7-8)11(2,3)10(12)13/h8-9H,4-7H2,1-3H3. The highest BCUT2D eigenvalue weighted by molar-refractivity contribution is 6.64. The van der Waals surface area contributed by atoms with Crippen LogP contribution >= 0.6 is 11.6 Å². The molecule has 1 nitrogen and oxygen atoms in total. The summed E-state index contributed by atoms with van der Waals surface area (Å²) in [4.78, 5) is 11.2. The maximum absolute atomic E-state index is 11.2. The van der Waals surface area contributed by atoms with E-state index in [1.807, 2.05) is 13.8 Å².